The van der Waals surface area contributed by atoms with E-state index >= 15 is 0 Å². The van der Waals surface area contributed by atoms with Gasteiger partial charge in [-0.3, -0.25) is 4.99 Å². The van der Waals surface area contributed by atoms with Crippen LogP contribution in [0.15, 0.2) is 16.8 Å². The molecule has 1 N–H and O–H groups in total. The van der Waals surface area contributed by atoms with Crippen molar-refractivity contribution in [1.82, 2.24) is 0 Å². The average Bonchev–Trinajstić information content (AvgIpc) is 2.57. The van der Waals surface area contributed by atoms with E-state index in [1.807, 2.05) is 6.08 Å². The maximum Gasteiger partial charge on any atom is 0.159 e. The number of allylic oxidation sites excluding steroid dienone is 1. The Kier molecular flexibility index (Phi) is 6.11. The van der Waals surface area contributed by atoms with E-state index in [0.29, 0.717) is 17.6 Å². The zero-order valence-corrected chi connectivity index (χ0v) is 18.4. The lowest BCUT2D eigenvalue weighted by Crippen LogP contribution is -2.56. The minimum atomic E-state index is -0.221. The molecule has 2 fully saturated rings. The summed E-state index contributed by atoms with van der Waals surface area (Å²) in [4.78, 5) is 5.09. The van der Waals surface area contributed by atoms with E-state index in [-0.39, 0.29) is 23.2 Å². The van der Waals surface area contributed by atoms with E-state index in [9.17, 15) is 5.11 Å². The smallest absolute Gasteiger partial charge is 0.159 e. The van der Waals surface area contributed by atoms with E-state index in [1.54, 1.807) is 0 Å². The first kappa shape index (κ1) is 20.9. The number of aliphatic hydroxyl groups excluding tert-OH is 1. The Morgan fingerprint density at radius 3 is 2.67 bits per heavy atom. The van der Waals surface area contributed by atoms with E-state index < -0.39 is 0 Å². The van der Waals surface area contributed by atoms with Gasteiger partial charge in [0.25, 0.3) is 0 Å². The minimum absolute atomic E-state index is 0.0170. The van der Waals surface area contributed by atoms with Gasteiger partial charge < -0.3 is 9.84 Å². The molecule has 0 spiro atoms. The van der Waals surface area contributed by atoms with Crippen LogP contribution in [0.25, 0.3) is 0 Å². The third-order valence-corrected chi connectivity index (χ3v) is 7.49. The van der Waals surface area contributed by atoms with Gasteiger partial charge in [-0.2, -0.15) is 0 Å². The zero-order valence-electron chi connectivity index (χ0n) is 18.4. The van der Waals surface area contributed by atoms with Gasteiger partial charge in [-0.05, 0) is 56.9 Å². The molecule has 3 aliphatic rings. The molecule has 3 nitrogen and oxygen atoms in total. The first-order valence-electron chi connectivity index (χ1n) is 11.3. The summed E-state index contributed by atoms with van der Waals surface area (Å²) in [5.41, 5.74) is 0.844. The highest BCUT2D eigenvalue weighted by atomic mass is 16.5. The second-order valence-corrected chi connectivity index (χ2v) is 10.6. The Bertz CT molecular complexity index is 589. The monoisotopic (exact) mass is 375 g/mol. The molecule has 2 heterocycles. The van der Waals surface area contributed by atoms with E-state index in [2.05, 4.69) is 41.5 Å². The van der Waals surface area contributed by atoms with Gasteiger partial charge in [0.2, 0.25) is 0 Å². The lowest BCUT2D eigenvalue weighted by Gasteiger charge is -2.54. The summed E-state index contributed by atoms with van der Waals surface area (Å²) in [6, 6.07) is 0. The van der Waals surface area contributed by atoms with Gasteiger partial charge in [-0.15, -0.1) is 0 Å². The van der Waals surface area contributed by atoms with Crippen molar-refractivity contribution >= 4 is 5.71 Å². The Balaban J connectivity index is 1.81. The minimum Gasteiger partial charge on any atom is -0.512 e. The van der Waals surface area contributed by atoms with Crippen LogP contribution in [0.3, 0.4) is 0 Å². The second kappa shape index (κ2) is 7.89. The van der Waals surface area contributed by atoms with E-state index in [4.69, 9.17) is 9.73 Å². The van der Waals surface area contributed by atoms with Crippen LogP contribution in [0.5, 0.6) is 0 Å². The summed E-state index contributed by atoms with van der Waals surface area (Å²) in [7, 11) is 0. The van der Waals surface area contributed by atoms with E-state index in [1.165, 1.54) is 44.9 Å². The molecule has 3 unspecified atom stereocenters. The molecule has 0 aromatic heterocycles. The number of fused-ring (bicyclic) bond motifs is 3. The van der Waals surface area contributed by atoms with Crippen LogP contribution >= 0.6 is 0 Å². The molecule has 0 amide bonds. The maximum atomic E-state index is 11.0. The molecule has 3 heteroatoms. The molecule has 27 heavy (non-hydrogen) atoms. The standard InChI is InChI=1S/C24H41NO2/c1-7-8-9-10-13-23(3,4)20-15-19(26)21-17-14-16(2)11-12-18(17)24(5,6)27-22(21)25-20/h15-18,21-22,26H,7-14H2,1-6H3/t16-,17-,18?,21?,22?/m0/s1. The maximum absolute atomic E-state index is 11.0. The number of hydrogen-bond donors (Lipinski definition) is 1. The molecule has 5 atom stereocenters. The van der Waals surface area contributed by atoms with Gasteiger partial charge >= 0.3 is 0 Å². The Hall–Kier alpha value is -0.830. The topological polar surface area (TPSA) is 41.8 Å². The fourth-order valence-corrected chi connectivity index (χ4v) is 5.74. The summed E-state index contributed by atoms with van der Waals surface area (Å²) in [6.45, 7) is 13.6. The highest BCUT2D eigenvalue weighted by Crippen LogP contribution is 2.53. The number of ether oxygens (including phenoxy) is 1. The van der Waals surface area contributed by atoms with Crippen LogP contribution in [0.1, 0.15) is 92.9 Å². The van der Waals surface area contributed by atoms with Crippen molar-refractivity contribution in [2.75, 3.05) is 0 Å². The van der Waals surface area contributed by atoms with Crippen LogP contribution in [0.4, 0.5) is 0 Å². The van der Waals surface area contributed by atoms with E-state index in [0.717, 1.165) is 18.1 Å². The van der Waals surface area contributed by atoms with Crippen molar-refractivity contribution in [3.8, 4) is 0 Å². The number of aliphatic hydroxyl groups is 1. The van der Waals surface area contributed by atoms with Crippen LogP contribution in [-0.2, 0) is 4.74 Å². The Labute approximate surface area is 166 Å². The zero-order chi connectivity index (χ0) is 19.8. The van der Waals surface area contributed by atoms with Crippen molar-refractivity contribution in [2.24, 2.45) is 34.1 Å². The molecule has 154 valence electrons. The molecular weight excluding hydrogens is 334 g/mol. The Morgan fingerprint density at radius 2 is 1.96 bits per heavy atom. The largest absolute Gasteiger partial charge is 0.512 e. The molecule has 1 saturated heterocycles. The summed E-state index contributed by atoms with van der Waals surface area (Å²) >= 11 is 0. The van der Waals surface area contributed by atoms with Crippen LogP contribution < -0.4 is 0 Å². The number of dihydropyridines is 1. The lowest BCUT2D eigenvalue weighted by molar-refractivity contribution is -0.202. The fourth-order valence-electron chi connectivity index (χ4n) is 5.74. The predicted octanol–water partition coefficient (Wildman–Crippen LogP) is 6.68. The molecule has 1 saturated carbocycles. The molecule has 0 aromatic carbocycles. The molecule has 3 rings (SSSR count). The third kappa shape index (κ3) is 4.28. The SMILES string of the molecule is CCCCCCC(C)(C)C1=NC2OC(C)(C)C3CC[C@H](C)C[C@@H]3C2C(O)=C1. The van der Waals surface area contributed by atoms with Gasteiger partial charge in [-0.1, -0.05) is 59.8 Å². The van der Waals surface area contributed by atoms with Crippen LogP contribution in [0, 0.1) is 29.1 Å². The van der Waals surface area contributed by atoms with Gasteiger partial charge in [0.05, 0.1) is 11.5 Å². The molecule has 0 radical (unpaired) electrons. The second-order valence-electron chi connectivity index (χ2n) is 10.6. The van der Waals surface area contributed by atoms with Crippen molar-refractivity contribution in [3.05, 3.63) is 11.8 Å². The summed E-state index contributed by atoms with van der Waals surface area (Å²) in [5.74, 6) is 2.30. The average molecular weight is 376 g/mol. The number of nitrogens with zero attached hydrogens (tertiary/aromatic N) is 1. The van der Waals surface area contributed by atoms with Gasteiger partial charge in [0.1, 0.15) is 5.76 Å². The predicted molar refractivity (Wildman–Crippen MR) is 113 cm³/mol. The molecule has 2 aliphatic heterocycles. The van der Waals surface area contributed by atoms with Gasteiger partial charge in [-0.25, -0.2) is 0 Å². The molecule has 0 aromatic rings. The van der Waals surface area contributed by atoms with Crippen molar-refractivity contribution in [3.63, 3.8) is 0 Å². The Morgan fingerprint density at radius 1 is 1.22 bits per heavy atom. The highest BCUT2D eigenvalue weighted by molar-refractivity contribution is 6.00. The first-order chi connectivity index (χ1) is 12.7. The number of hydrogen-bond acceptors (Lipinski definition) is 3. The van der Waals surface area contributed by atoms with Gasteiger partial charge in [0.15, 0.2) is 6.23 Å². The van der Waals surface area contributed by atoms with Crippen LogP contribution in [-0.4, -0.2) is 22.6 Å². The molecule has 0 bridgehead atoms. The molecular formula is C24H41NO2. The summed E-state index contributed by atoms with van der Waals surface area (Å²) in [6.07, 6.45) is 11.6. The van der Waals surface area contributed by atoms with Gasteiger partial charge in [0, 0.05) is 11.1 Å². The summed E-state index contributed by atoms with van der Waals surface area (Å²) in [5, 5.41) is 11.0. The number of rotatable bonds is 6. The summed E-state index contributed by atoms with van der Waals surface area (Å²) < 4.78 is 6.53. The number of aliphatic imine (C=N–C) groups is 1. The molecule has 1 aliphatic carbocycles. The first-order valence-corrected chi connectivity index (χ1v) is 11.3. The van der Waals surface area contributed by atoms with Crippen molar-refractivity contribution in [2.45, 2.75) is 105 Å². The quantitative estimate of drug-likeness (QED) is 0.526. The van der Waals surface area contributed by atoms with Crippen molar-refractivity contribution in [1.29, 1.82) is 0 Å². The third-order valence-electron chi connectivity index (χ3n) is 7.49. The highest BCUT2D eigenvalue weighted by Gasteiger charge is 2.53. The lowest BCUT2D eigenvalue weighted by atomic mass is 9.61. The van der Waals surface area contributed by atoms with Crippen LogP contribution in [0.2, 0.25) is 0 Å². The number of unbranched alkanes of at least 4 members (excludes halogenated alkanes) is 3. The van der Waals surface area contributed by atoms with Crippen molar-refractivity contribution < 1.29 is 9.84 Å². The normalized spacial score (nSPS) is 35.7. The fraction of sp³-hybridized carbons (Fsp3) is 0.875.